The average molecular weight is 251 g/mol. The number of carboxylic acid groups (broad SMARTS) is 1. The van der Waals surface area contributed by atoms with Crippen LogP contribution in [-0.2, 0) is 4.79 Å². The monoisotopic (exact) mass is 251 g/mol. The molecule has 1 aromatic rings. The van der Waals surface area contributed by atoms with Crippen LogP contribution in [0.5, 0.6) is 0 Å². The molecule has 1 heterocycles. The third kappa shape index (κ3) is 2.52. The summed E-state index contributed by atoms with van der Waals surface area (Å²) in [7, 11) is 0. The van der Waals surface area contributed by atoms with E-state index < -0.39 is 11.4 Å². The van der Waals surface area contributed by atoms with Gasteiger partial charge in [-0.25, -0.2) is 4.98 Å². The minimum absolute atomic E-state index is 0.166. The minimum atomic E-state index is -0.936. The van der Waals surface area contributed by atoms with Crippen molar-refractivity contribution in [2.24, 2.45) is 5.41 Å². The summed E-state index contributed by atoms with van der Waals surface area (Å²) in [6.45, 7) is 3.37. The zero-order chi connectivity index (χ0) is 13.3. The molecule has 1 fully saturated rings. The SMILES string of the molecule is CC(C)(CNc1nccn(C2CC2)c1=O)C(=O)O. The highest BCUT2D eigenvalue weighted by atomic mass is 16.4. The Balaban J connectivity index is 2.13. The lowest BCUT2D eigenvalue weighted by molar-refractivity contribution is -0.146. The second-order valence-electron chi connectivity index (χ2n) is 5.26. The van der Waals surface area contributed by atoms with E-state index in [0.29, 0.717) is 0 Å². The number of anilines is 1. The Morgan fingerprint density at radius 1 is 1.61 bits per heavy atom. The molecule has 1 saturated carbocycles. The smallest absolute Gasteiger partial charge is 0.310 e. The summed E-state index contributed by atoms with van der Waals surface area (Å²) in [6, 6.07) is 0.286. The van der Waals surface area contributed by atoms with Gasteiger partial charge < -0.3 is 15.0 Å². The van der Waals surface area contributed by atoms with E-state index in [9.17, 15) is 9.59 Å². The van der Waals surface area contributed by atoms with Gasteiger partial charge in [0.25, 0.3) is 5.56 Å². The maximum Gasteiger partial charge on any atom is 0.310 e. The van der Waals surface area contributed by atoms with Crippen molar-refractivity contribution in [1.82, 2.24) is 9.55 Å². The van der Waals surface area contributed by atoms with Crippen LogP contribution in [0.25, 0.3) is 0 Å². The molecule has 18 heavy (non-hydrogen) atoms. The van der Waals surface area contributed by atoms with Crippen LogP contribution in [0.3, 0.4) is 0 Å². The van der Waals surface area contributed by atoms with E-state index in [1.807, 2.05) is 0 Å². The Bertz CT molecular complexity index is 518. The number of nitrogens with zero attached hydrogens (tertiary/aromatic N) is 2. The Morgan fingerprint density at radius 2 is 2.28 bits per heavy atom. The van der Waals surface area contributed by atoms with Gasteiger partial charge in [0.1, 0.15) is 0 Å². The Labute approximate surface area is 105 Å². The highest BCUT2D eigenvalue weighted by molar-refractivity contribution is 5.74. The zero-order valence-electron chi connectivity index (χ0n) is 10.5. The van der Waals surface area contributed by atoms with Gasteiger partial charge in [-0.05, 0) is 26.7 Å². The summed E-state index contributed by atoms with van der Waals surface area (Å²) in [5, 5.41) is 11.8. The van der Waals surface area contributed by atoms with Gasteiger partial charge in [0.2, 0.25) is 0 Å². The highest BCUT2D eigenvalue weighted by Gasteiger charge is 2.28. The number of carboxylic acids is 1. The molecule has 0 aliphatic heterocycles. The Morgan fingerprint density at radius 3 is 2.83 bits per heavy atom. The molecule has 0 unspecified atom stereocenters. The van der Waals surface area contributed by atoms with Crippen LogP contribution in [0.2, 0.25) is 0 Å². The molecule has 0 atom stereocenters. The summed E-state index contributed by atoms with van der Waals surface area (Å²) >= 11 is 0. The molecule has 0 aromatic carbocycles. The summed E-state index contributed by atoms with van der Waals surface area (Å²) in [6.07, 6.45) is 5.28. The lowest BCUT2D eigenvalue weighted by Gasteiger charge is -2.19. The van der Waals surface area contributed by atoms with Crippen molar-refractivity contribution >= 4 is 11.8 Å². The predicted molar refractivity (Wildman–Crippen MR) is 66.7 cm³/mol. The number of nitrogens with one attached hydrogen (secondary N) is 1. The summed E-state index contributed by atoms with van der Waals surface area (Å²) < 4.78 is 1.66. The molecule has 0 saturated heterocycles. The number of hydrogen-bond acceptors (Lipinski definition) is 4. The maximum absolute atomic E-state index is 12.0. The van der Waals surface area contributed by atoms with Crippen LogP contribution in [0.1, 0.15) is 32.7 Å². The first-order valence-electron chi connectivity index (χ1n) is 5.96. The fourth-order valence-corrected chi connectivity index (χ4v) is 1.57. The molecular weight excluding hydrogens is 234 g/mol. The number of aliphatic carboxylic acids is 1. The van der Waals surface area contributed by atoms with Gasteiger partial charge in [-0.1, -0.05) is 0 Å². The highest BCUT2D eigenvalue weighted by Crippen LogP contribution is 2.33. The van der Waals surface area contributed by atoms with Crippen molar-refractivity contribution in [3.8, 4) is 0 Å². The average Bonchev–Trinajstić information content (AvgIpc) is 3.11. The molecule has 0 spiro atoms. The van der Waals surface area contributed by atoms with Gasteiger partial charge in [0.05, 0.1) is 5.41 Å². The second kappa shape index (κ2) is 4.44. The van der Waals surface area contributed by atoms with Gasteiger partial charge >= 0.3 is 5.97 Å². The van der Waals surface area contributed by atoms with Crippen LogP contribution < -0.4 is 10.9 Å². The van der Waals surface area contributed by atoms with Gasteiger partial charge in [-0.3, -0.25) is 9.59 Å². The van der Waals surface area contributed by atoms with Crippen molar-refractivity contribution in [3.05, 3.63) is 22.7 Å². The quantitative estimate of drug-likeness (QED) is 0.818. The van der Waals surface area contributed by atoms with Crippen LogP contribution >= 0.6 is 0 Å². The van der Waals surface area contributed by atoms with Crippen LogP contribution in [-0.4, -0.2) is 27.2 Å². The van der Waals surface area contributed by atoms with E-state index in [4.69, 9.17) is 5.11 Å². The van der Waals surface area contributed by atoms with E-state index >= 15 is 0 Å². The number of aromatic nitrogens is 2. The molecule has 0 radical (unpaired) electrons. The molecule has 6 nitrogen and oxygen atoms in total. The topological polar surface area (TPSA) is 84.2 Å². The van der Waals surface area contributed by atoms with E-state index in [1.165, 1.54) is 0 Å². The molecule has 2 rings (SSSR count). The maximum atomic E-state index is 12.0. The fraction of sp³-hybridized carbons (Fsp3) is 0.583. The molecule has 1 aromatic heterocycles. The van der Waals surface area contributed by atoms with Crippen molar-refractivity contribution < 1.29 is 9.90 Å². The van der Waals surface area contributed by atoms with Gasteiger partial charge in [-0.15, -0.1) is 0 Å². The van der Waals surface area contributed by atoms with Crippen molar-refractivity contribution in [3.63, 3.8) is 0 Å². The number of rotatable bonds is 5. The summed E-state index contributed by atoms with van der Waals surface area (Å²) in [5.74, 6) is -0.688. The first-order valence-corrected chi connectivity index (χ1v) is 5.96. The summed E-state index contributed by atoms with van der Waals surface area (Å²) in [5.41, 5.74) is -1.12. The Hall–Kier alpha value is -1.85. The van der Waals surface area contributed by atoms with Crippen molar-refractivity contribution in [2.45, 2.75) is 32.7 Å². The predicted octanol–water partition coefficient (Wildman–Crippen LogP) is 1.10. The van der Waals surface area contributed by atoms with Crippen LogP contribution in [0.4, 0.5) is 5.82 Å². The van der Waals surface area contributed by atoms with E-state index in [-0.39, 0.29) is 24.0 Å². The third-order valence-corrected chi connectivity index (χ3v) is 3.08. The zero-order valence-corrected chi connectivity index (χ0v) is 10.5. The molecule has 1 aliphatic rings. The Kier molecular flexibility index (Phi) is 3.11. The normalized spacial score (nSPS) is 15.4. The molecule has 98 valence electrons. The van der Waals surface area contributed by atoms with E-state index in [1.54, 1.807) is 30.8 Å². The van der Waals surface area contributed by atoms with Gasteiger partial charge in [-0.2, -0.15) is 0 Å². The fourth-order valence-electron chi connectivity index (χ4n) is 1.57. The molecule has 6 heteroatoms. The van der Waals surface area contributed by atoms with Gasteiger partial charge in [0.15, 0.2) is 5.82 Å². The van der Waals surface area contributed by atoms with Crippen LogP contribution in [0.15, 0.2) is 17.2 Å². The third-order valence-electron chi connectivity index (χ3n) is 3.08. The molecular formula is C12H17N3O3. The number of carbonyl (C=O) groups is 1. The van der Waals surface area contributed by atoms with E-state index in [0.717, 1.165) is 12.8 Å². The second-order valence-corrected chi connectivity index (χ2v) is 5.26. The lowest BCUT2D eigenvalue weighted by atomic mass is 9.94. The van der Waals surface area contributed by atoms with Crippen LogP contribution in [0, 0.1) is 5.41 Å². The molecule has 2 N–H and O–H groups in total. The van der Waals surface area contributed by atoms with Crippen molar-refractivity contribution in [1.29, 1.82) is 0 Å². The first-order chi connectivity index (χ1) is 8.42. The number of hydrogen-bond donors (Lipinski definition) is 2. The van der Waals surface area contributed by atoms with E-state index in [2.05, 4.69) is 10.3 Å². The molecule has 0 amide bonds. The minimum Gasteiger partial charge on any atom is -0.481 e. The first kappa shape index (κ1) is 12.6. The molecule has 0 bridgehead atoms. The molecule has 1 aliphatic carbocycles. The van der Waals surface area contributed by atoms with Gasteiger partial charge in [0, 0.05) is 25.0 Å². The summed E-state index contributed by atoms with van der Waals surface area (Å²) in [4.78, 5) is 27.0. The standard InChI is InChI=1S/C12H17N3O3/c1-12(2,11(17)18)7-14-9-10(16)15(6-5-13-9)8-3-4-8/h5-6,8H,3-4,7H2,1-2H3,(H,13,14)(H,17,18). The largest absolute Gasteiger partial charge is 0.481 e. The van der Waals surface area contributed by atoms with Crippen molar-refractivity contribution in [2.75, 3.05) is 11.9 Å². The lowest BCUT2D eigenvalue weighted by Crippen LogP contribution is -2.34.